The molecule has 0 bridgehead atoms. The lowest BCUT2D eigenvalue weighted by molar-refractivity contribution is -0.120. The molecule has 0 radical (unpaired) electrons. The van der Waals surface area contributed by atoms with E-state index >= 15 is 0 Å². The molecule has 2 amide bonds. The van der Waals surface area contributed by atoms with Gasteiger partial charge < -0.3 is 11.1 Å². The van der Waals surface area contributed by atoms with Crippen molar-refractivity contribution in [1.82, 2.24) is 5.32 Å². The van der Waals surface area contributed by atoms with Gasteiger partial charge in [-0.25, -0.2) is 0 Å². The molecule has 15 heavy (non-hydrogen) atoms. The average molecular weight is 226 g/mol. The highest BCUT2D eigenvalue weighted by Gasteiger charge is 2.17. The second-order valence-electron chi connectivity index (χ2n) is 3.19. The van der Waals surface area contributed by atoms with Crippen molar-refractivity contribution in [2.45, 2.75) is 25.8 Å². The molecule has 0 aliphatic carbocycles. The number of nitrogens with two attached hydrogens (primary N) is 1. The fraction of sp³-hybridized carbons (Fsp3) is 0.400. The molecule has 1 rings (SSSR count). The zero-order chi connectivity index (χ0) is 11.3. The SMILES string of the molecule is CCCC(NC(=O)c1cccs1)C(N)=O. The molecule has 0 saturated carbocycles. The summed E-state index contributed by atoms with van der Waals surface area (Å²) in [6, 6.07) is 2.94. The number of carbonyl (C=O) groups excluding carboxylic acids is 2. The molecule has 3 N–H and O–H groups in total. The molecule has 1 aromatic heterocycles. The number of primary amides is 1. The van der Waals surface area contributed by atoms with Crippen molar-refractivity contribution in [1.29, 1.82) is 0 Å². The van der Waals surface area contributed by atoms with E-state index in [-0.39, 0.29) is 5.91 Å². The Hall–Kier alpha value is -1.36. The summed E-state index contributed by atoms with van der Waals surface area (Å²) in [6.07, 6.45) is 1.38. The molecule has 82 valence electrons. The van der Waals surface area contributed by atoms with Crippen LogP contribution in [-0.4, -0.2) is 17.9 Å². The van der Waals surface area contributed by atoms with Gasteiger partial charge in [0.1, 0.15) is 6.04 Å². The molecule has 0 aromatic carbocycles. The van der Waals surface area contributed by atoms with E-state index in [1.54, 1.807) is 12.1 Å². The first-order chi connectivity index (χ1) is 7.15. The third-order valence-electron chi connectivity index (χ3n) is 1.97. The minimum absolute atomic E-state index is 0.234. The van der Waals surface area contributed by atoms with Gasteiger partial charge in [-0.05, 0) is 17.9 Å². The van der Waals surface area contributed by atoms with Crippen LogP contribution in [-0.2, 0) is 4.79 Å². The van der Waals surface area contributed by atoms with Gasteiger partial charge in [-0.3, -0.25) is 9.59 Å². The Bertz CT molecular complexity index is 335. The predicted molar refractivity (Wildman–Crippen MR) is 59.7 cm³/mol. The molecular weight excluding hydrogens is 212 g/mol. The highest BCUT2D eigenvalue weighted by molar-refractivity contribution is 7.12. The number of carbonyl (C=O) groups is 2. The topological polar surface area (TPSA) is 72.2 Å². The maximum Gasteiger partial charge on any atom is 0.261 e. The lowest BCUT2D eigenvalue weighted by atomic mass is 10.1. The quantitative estimate of drug-likeness (QED) is 0.790. The fourth-order valence-corrected chi connectivity index (χ4v) is 1.84. The van der Waals surface area contributed by atoms with Gasteiger partial charge in [0, 0.05) is 0 Å². The second kappa shape index (κ2) is 5.50. The highest BCUT2D eigenvalue weighted by Crippen LogP contribution is 2.08. The normalized spacial score (nSPS) is 12.1. The number of rotatable bonds is 5. The number of thiophene rings is 1. The number of nitrogens with one attached hydrogen (secondary N) is 1. The maximum absolute atomic E-state index is 11.6. The number of hydrogen-bond donors (Lipinski definition) is 2. The molecular formula is C10H14N2O2S. The molecule has 1 aromatic rings. The number of hydrogen-bond acceptors (Lipinski definition) is 3. The van der Waals surface area contributed by atoms with Crippen molar-refractivity contribution in [3.63, 3.8) is 0 Å². The van der Waals surface area contributed by atoms with E-state index in [9.17, 15) is 9.59 Å². The summed E-state index contributed by atoms with van der Waals surface area (Å²) in [4.78, 5) is 23.2. The van der Waals surface area contributed by atoms with Crippen LogP contribution >= 0.6 is 11.3 Å². The fourth-order valence-electron chi connectivity index (χ4n) is 1.21. The Morgan fingerprint density at radius 2 is 2.33 bits per heavy atom. The Morgan fingerprint density at radius 1 is 1.60 bits per heavy atom. The molecule has 1 atom stereocenters. The van der Waals surface area contributed by atoms with Crippen LogP contribution in [0.2, 0.25) is 0 Å². The van der Waals surface area contributed by atoms with Crippen molar-refractivity contribution in [3.8, 4) is 0 Å². The summed E-state index contributed by atoms with van der Waals surface area (Å²) in [6.45, 7) is 1.94. The summed E-state index contributed by atoms with van der Waals surface area (Å²) in [5, 5.41) is 4.43. The molecule has 1 heterocycles. The highest BCUT2D eigenvalue weighted by atomic mass is 32.1. The van der Waals surface area contributed by atoms with Gasteiger partial charge in [-0.15, -0.1) is 11.3 Å². The third kappa shape index (κ3) is 3.36. The molecule has 0 spiro atoms. The summed E-state index contributed by atoms with van der Waals surface area (Å²) >= 11 is 1.34. The van der Waals surface area contributed by atoms with Crippen LogP contribution in [0, 0.1) is 0 Å². The molecule has 1 unspecified atom stereocenters. The molecule has 0 aliphatic heterocycles. The number of amides is 2. The Kier molecular flexibility index (Phi) is 4.30. The predicted octanol–water partition coefficient (Wildman–Crippen LogP) is 1.13. The minimum atomic E-state index is -0.565. The molecule has 0 aliphatic rings. The van der Waals surface area contributed by atoms with E-state index < -0.39 is 11.9 Å². The van der Waals surface area contributed by atoms with Crippen LogP contribution in [0.15, 0.2) is 17.5 Å². The van der Waals surface area contributed by atoms with Gasteiger partial charge in [0.05, 0.1) is 4.88 Å². The maximum atomic E-state index is 11.6. The standard InChI is InChI=1S/C10H14N2O2S/c1-2-4-7(9(11)13)12-10(14)8-5-3-6-15-8/h3,5-7H,2,4H2,1H3,(H2,11,13)(H,12,14). The third-order valence-corrected chi connectivity index (χ3v) is 2.84. The van der Waals surface area contributed by atoms with Crippen molar-refractivity contribution >= 4 is 23.2 Å². The smallest absolute Gasteiger partial charge is 0.261 e. The molecule has 4 nitrogen and oxygen atoms in total. The summed E-state index contributed by atoms with van der Waals surface area (Å²) in [7, 11) is 0. The summed E-state index contributed by atoms with van der Waals surface area (Å²) < 4.78 is 0. The van der Waals surface area contributed by atoms with E-state index in [0.29, 0.717) is 11.3 Å². The van der Waals surface area contributed by atoms with E-state index in [1.165, 1.54) is 11.3 Å². The van der Waals surface area contributed by atoms with Crippen molar-refractivity contribution in [2.75, 3.05) is 0 Å². The van der Waals surface area contributed by atoms with E-state index in [4.69, 9.17) is 5.73 Å². The van der Waals surface area contributed by atoms with Crippen molar-refractivity contribution in [3.05, 3.63) is 22.4 Å². The zero-order valence-electron chi connectivity index (χ0n) is 8.53. The Morgan fingerprint density at radius 3 is 2.80 bits per heavy atom. The lowest BCUT2D eigenvalue weighted by Gasteiger charge is -2.13. The van der Waals surface area contributed by atoms with Gasteiger partial charge >= 0.3 is 0 Å². The lowest BCUT2D eigenvalue weighted by Crippen LogP contribution is -2.44. The van der Waals surface area contributed by atoms with Gasteiger partial charge in [-0.2, -0.15) is 0 Å². The van der Waals surface area contributed by atoms with E-state index in [2.05, 4.69) is 5.32 Å². The first-order valence-electron chi connectivity index (χ1n) is 4.78. The van der Waals surface area contributed by atoms with Crippen LogP contribution in [0.5, 0.6) is 0 Å². The van der Waals surface area contributed by atoms with Crippen LogP contribution in [0.25, 0.3) is 0 Å². The largest absolute Gasteiger partial charge is 0.368 e. The average Bonchev–Trinajstić information content (AvgIpc) is 2.69. The molecule has 0 fully saturated rings. The van der Waals surface area contributed by atoms with E-state index in [0.717, 1.165) is 6.42 Å². The minimum Gasteiger partial charge on any atom is -0.368 e. The zero-order valence-corrected chi connectivity index (χ0v) is 9.34. The Labute approximate surface area is 92.5 Å². The van der Waals surface area contributed by atoms with Gasteiger partial charge in [0.15, 0.2) is 0 Å². The van der Waals surface area contributed by atoms with Crippen molar-refractivity contribution < 1.29 is 9.59 Å². The van der Waals surface area contributed by atoms with Gasteiger partial charge in [-0.1, -0.05) is 19.4 Å². The van der Waals surface area contributed by atoms with Crippen LogP contribution in [0.1, 0.15) is 29.4 Å². The summed E-state index contributed by atoms with van der Waals surface area (Å²) in [5.41, 5.74) is 5.17. The first-order valence-corrected chi connectivity index (χ1v) is 5.66. The molecule has 5 heteroatoms. The first kappa shape index (κ1) is 11.7. The van der Waals surface area contributed by atoms with Crippen LogP contribution in [0.3, 0.4) is 0 Å². The van der Waals surface area contributed by atoms with E-state index in [1.807, 2.05) is 12.3 Å². The van der Waals surface area contributed by atoms with Crippen molar-refractivity contribution in [2.24, 2.45) is 5.73 Å². The Balaban J connectivity index is 2.59. The monoisotopic (exact) mass is 226 g/mol. The second-order valence-corrected chi connectivity index (χ2v) is 4.14. The van der Waals surface area contributed by atoms with Crippen LogP contribution in [0.4, 0.5) is 0 Å². The van der Waals surface area contributed by atoms with Gasteiger partial charge in [0.2, 0.25) is 5.91 Å². The molecule has 0 saturated heterocycles. The van der Waals surface area contributed by atoms with Crippen LogP contribution < -0.4 is 11.1 Å². The van der Waals surface area contributed by atoms with Gasteiger partial charge in [0.25, 0.3) is 5.91 Å². The summed E-state index contributed by atoms with van der Waals surface area (Å²) in [5.74, 6) is -0.719.